The Balaban J connectivity index is 3.54. The second-order valence-electron chi connectivity index (χ2n) is 4.34. The Morgan fingerprint density at radius 2 is 1.50 bits per heavy atom. The molecule has 0 heterocycles. The minimum absolute atomic E-state index is 0.429. The predicted octanol–water partition coefficient (Wildman–Crippen LogP) is 2.07. The van der Waals surface area contributed by atoms with Crippen LogP contribution in [-0.2, 0) is 10.2 Å². The summed E-state index contributed by atoms with van der Waals surface area (Å²) < 4.78 is 15.6. The minimum Gasteiger partial charge on any atom is -0.496 e. The first-order valence-electron chi connectivity index (χ1n) is 5.42. The molecule has 1 N–H and O–H groups in total. The molecule has 5 heteroatoms. The molecule has 1 rings (SSSR count). The number of ether oxygens (including phenoxy) is 3. The summed E-state index contributed by atoms with van der Waals surface area (Å²) in [5.41, 5.74) is -0.635. The molecular weight excluding hydrogens is 236 g/mol. The van der Waals surface area contributed by atoms with Gasteiger partial charge in [-0.1, -0.05) is 0 Å². The van der Waals surface area contributed by atoms with Crippen molar-refractivity contribution >= 4 is 5.97 Å². The van der Waals surface area contributed by atoms with Gasteiger partial charge in [-0.25, -0.2) is 0 Å². The molecule has 0 spiro atoms. The van der Waals surface area contributed by atoms with Crippen molar-refractivity contribution < 1.29 is 24.1 Å². The molecule has 0 bridgehead atoms. The second-order valence-corrected chi connectivity index (χ2v) is 4.34. The molecule has 0 aliphatic heterocycles. The summed E-state index contributed by atoms with van der Waals surface area (Å²) in [6, 6.07) is 3.28. The van der Waals surface area contributed by atoms with Crippen LogP contribution < -0.4 is 14.2 Å². The second kappa shape index (κ2) is 5.16. The zero-order chi connectivity index (χ0) is 13.9. The topological polar surface area (TPSA) is 65.0 Å². The van der Waals surface area contributed by atoms with E-state index in [2.05, 4.69) is 0 Å². The predicted molar refractivity (Wildman–Crippen MR) is 66.8 cm³/mol. The van der Waals surface area contributed by atoms with Crippen LogP contribution in [0.4, 0.5) is 0 Å². The molecular formula is C13H18O5. The molecule has 1 aromatic carbocycles. The van der Waals surface area contributed by atoms with E-state index in [1.807, 2.05) is 0 Å². The van der Waals surface area contributed by atoms with Crippen LogP contribution in [0, 0.1) is 0 Å². The molecule has 0 amide bonds. The highest BCUT2D eigenvalue weighted by Crippen LogP contribution is 2.42. The molecule has 0 aliphatic rings. The molecule has 0 radical (unpaired) electrons. The fourth-order valence-electron chi connectivity index (χ4n) is 1.73. The first kappa shape index (κ1) is 14.2. The lowest BCUT2D eigenvalue weighted by Crippen LogP contribution is -2.29. The summed E-state index contributed by atoms with van der Waals surface area (Å²) in [4.78, 5) is 11.4. The van der Waals surface area contributed by atoms with Gasteiger partial charge in [0.05, 0.1) is 32.3 Å². The largest absolute Gasteiger partial charge is 0.496 e. The van der Waals surface area contributed by atoms with Gasteiger partial charge in [0.25, 0.3) is 0 Å². The molecule has 100 valence electrons. The van der Waals surface area contributed by atoms with E-state index in [1.165, 1.54) is 21.3 Å². The van der Waals surface area contributed by atoms with Gasteiger partial charge in [-0.15, -0.1) is 0 Å². The van der Waals surface area contributed by atoms with Crippen LogP contribution in [0.15, 0.2) is 12.1 Å². The average Bonchev–Trinajstić information content (AvgIpc) is 2.36. The summed E-state index contributed by atoms with van der Waals surface area (Å²) in [6.07, 6.45) is 0. The zero-order valence-electron chi connectivity index (χ0n) is 11.2. The summed E-state index contributed by atoms with van der Waals surface area (Å²) in [6.45, 7) is 3.20. The first-order chi connectivity index (χ1) is 8.38. The van der Waals surface area contributed by atoms with Gasteiger partial charge >= 0.3 is 5.97 Å². The van der Waals surface area contributed by atoms with Crippen LogP contribution in [-0.4, -0.2) is 32.4 Å². The number of hydrogen-bond acceptors (Lipinski definition) is 4. The molecule has 0 atom stereocenters. The van der Waals surface area contributed by atoms with Crippen LogP contribution >= 0.6 is 0 Å². The summed E-state index contributed by atoms with van der Waals surface area (Å²) in [5.74, 6) is 0.454. The van der Waals surface area contributed by atoms with Crippen molar-refractivity contribution in [2.75, 3.05) is 21.3 Å². The number of aliphatic carboxylic acids is 1. The molecule has 0 saturated heterocycles. The Labute approximate surface area is 106 Å². The SMILES string of the molecule is COc1cc(OC)c(C(C)(C)C(=O)O)c(OC)c1. The number of carboxylic acids is 1. The van der Waals surface area contributed by atoms with E-state index in [-0.39, 0.29) is 0 Å². The maximum Gasteiger partial charge on any atom is 0.313 e. The van der Waals surface area contributed by atoms with E-state index in [4.69, 9.17) is 14.2 Å². The number of carboxylic acid groups (broad SMARTS) is 1. The van der Waals surface area contributed by atoms with Crippen molar-refractivity contribution in [1.82, 2.24) is 0 Å². The van der Waals surface area contributed by atoms with E-state index in [9.17, 15) is 9.90 Å². The fourth-order valence-corrected chi connectivity index (χ4v) is 1.73. The Kier molecular flexibility index (Phi) is 4.06. The third kappa shape index (κ3) is 2.34. The maximum absolute atomic E-state index is 11.4. The van der Waals surface area contributed by atoms with E-state index < -0.39 is 11.4 Å². The highest BCUT2D eigenvalue weighted by molar-refractivity contribution is 5.83. The molecule has 1 aromatic rings. The molecule has 0 saturated carbocycles. The van der Waals surface area contributed by atoms with Crippen molar-refractivity contribution in [3.8, 4) is 17.2 Å². The number of carbonyl (C=O) groups is 1. The van der Waals surface area contributed by atoms with Gasteiger partial charge in [0, 0.05) is 12.1 Å². The Morgan fingerprint density at radius 3 is 1.78 bits per heavy atom. The number of benzene rings is 1. The first-order valence-corrected chi connectivity index (χ1v) is 5.42. The van der Waals surface area contributed by atoms with Gasteiger partial charge in [0.15, 0.2) is 0 Å². The zero-order valence-corrected chi connectivity index (χ0v) is 11.2. The fraction of sp³-hybridized carbons (Fsp3) is 0.462. The standard InChI is InChI=1S/C13H18O5/c1-13(2,12(14)15)11-9(17-4)6-8(16-3)7-10(11)18-5/h6-7H,1-5H3,(H,14,15). The monoisotopic (exact) mass is 254 g/mol. The van der Waals surface area contributed by atoms with Crippen LogP contribution in [0.3, 0.4) is 0 Å². The number of methoxy groups -OCH3 is 3. The Morgan fingerprint density at radius 1 is 1.06 bits per heavy atom. The molecule has 0 aromatic heterocycles. The van der Waals surface area contributed by atoms with Crippen molar-refractivity contribution in [3.63, 3.8) is 0 Å². The summed E-state index contributed by atoms with van der Waals surface area (Å²) >= 11 is 0. The number of hydrogen-bond donors (Lipinski definition) is 1. The Bertz CT molecular complexity index is 426. The van der Waals surface area contributed by atoms with Crippen LogP contribution in [0.25, 0.3) is 0 Å². The molecule has 0 fully saturated rings. The van der Waals surface area contributed by atoms with Crippen molar-refractivity contribution in [1.29, 1.82) is 0 Å². The molecule has 0 aliphatic carbocycles. The van der Waals surface area contributed by atoms with E-state index in [0.717, 1.165) is 0 Å². The van der Waals surface area contributed by atoms with Crippen LogP contribution in [0.1, 0.15) is 19.4 Å². The quantitative estimate of drug-likeness (QED) is 0.871. The lowest BCUT2D eigenvalue weighted by Gasteiger charge is -2.25. The minimum atomic E-state index is -1.12. The van der Waals surface area contributed by atoms with Crippen molar-refractivity contribution in [2.45, 2.75) is 19.3 Å². The normalized spacial score (nSPS) is 10.9. The summed E-state index contributed by atoms with van der Waals surface area (Å²) in [5, 5.41) is 9.32. The van der Waals surface area contributed by atoms with Crippen LogP contribution in [0.5, 0.6) is 17.2 Å². The molecule has 5 nitrogen and oxygen atoms in total. The van der Waals surface area contributed by atoms with E-state index in [1.54, 1.807) is 26.0 Å². The third-order valence-electron chi connectivity index (χ3n) is 2.87. The van der Waals surface area contributed by atoms with Gasteiger partial charge in [0.1, 0.15) is 17.2 Å². The average molecular weight is 254 g/mol. The molecule has 18 heavy (non-hydrogen) atoms. The van der Waals surface area contributed by atoms with E-state index in [0.29, 0.717) is 22.8 Å². The van der Waals surface area contributed by atoms with E-state index >= 15 is 0 Å². The third-order valence-corrected chi connectivity index (χ3v) is 2.87. The maximum atomic E-state index is 11.4. The van der Waals surface area contributed by atoms with Gasteiger partial charge in [-0.2, -0.15) is 0 Å². The highest BCUT2D eigenvalue weighted by atomic mass is 16.5. The van der Waals surface area contributed by atoms with Crippen molar-refractivity contribution in [2.24, 2.45) is 0 Å². The summed E-state index contributed by atoms with van der Waals surface area (Å²) in [7, 11) is 4.49. The highest BCUT2D eigenvalue weighted by Gasteiger charge is 2.36. The van der Waals surface area contributed by atoms with Gasteiger partial charge in [-0.3, -0.25) is 4.79 Å². The van der Waals surface area contributed by atoms with Crippen LogP contribution in [0.2, 0.25) is 0 Å². The molecule has 0 unspecified atom stereocenters. The Hall–Kier alpha value is -1.91. The smallest absolute Gasteiger partial charge is 0.313 e. The van der Waals surface area contributed by atoms with Gasteiger partial charge in [0.2, 0.25) is 0 Å². The van der Waals surface area contributed by atoms with Gasteiger partial charge < -0.3 is 19.3 Å². The lowest BCUT2D eigenvalue weighted by atomic mass is 9.83. The lowest BCUT2D eigenvalue weighted by molar-refractivity contribution is -0.142. The van der Waals surface area contributed by atoms with Crippen molar-refractivity contribution in [3.05, 3.63) is 17.7 Å². The number of rotatable bonds is 5. The van der Waals surface area contributed by atoms with Gasteiger partial charge in [-0.05, 0) is 13.8 Å².